The fourth-order valence-corrected chi connectivity index (χ4v) is 6.08. The minimum Gasteiger partial charge on any atom is -0.495 e. The Morgan fingerprint density at radius 3 is 2.68 bits per heavy atom. The van der Waals surface area contributed by atoms with Crippen LogP contribution in [0.15, 0.2) is 24.4 Å². The van der Waals surface area contributed by atoms with E-state index < -0.39 is 0 Å². The number of fused-ring (bicyclic) bond motifs is 2. The van der Waals surface area contributed by atoms with E-state index in [9.17, 15) is 4.79 Å². The van der Waals surface area contributed by atoms with Crippen molar-refractivity contribution in [2.24, 2.45) is 5.92 Å². The predicted molar refractivity (Wildman–Crippen MR) is 127 cm³/mol. The van der Waals surface area contributed by atoms with Crippen LogP contribution in [0.2, 0.25) is 0 Å². The van der Waals surface area contributed by atoms with Crippen LogP contribution < -0.4 is 4.74 Å². The molecule has 0 N–H and O–H groups in total. The number of para-hydroxylation sites is 1. The van der Waals surface area contributed by atoms with Gasteiger partial charge in [0, 0.05) is 43.3 Å². The standard InChI is InChI=1S/C25H35N3O2.ClH/c1-18-14-26-13-7-10-20(26)16-28(18)25(29)22-17-27(15-19-8-4-3-5-9-19)24-21(22)11-6-12-23(24)30-2;/h6,11-12,17-20H,3-5,7-10,13-16H2,1-2H3;1H/t18-,20-;/m1./s1. The summed E-state index contributed by atoms with van der Waals surface area (Å²) in [6.45, 7) is 6.24. The van der Waals surface area contributed by atoms with E-state index >= 15 is 0 Å². The van der Waals surface area contributed by atoms with Crippen molar-refractivity contribution in [1.29, 1.82) is 0 Å². The summed E-state index contributed by atoms with van der Waals surface area (Å²) >= 11 is 0. The van der Waals surface area contributed by atoms with Crippen molar-refractivity contribution in [3.05, 3.63) is 30.0 Å². The van der Waals surface area contributed by atoms with Gasteiger partial charge in [0.25, 0.3) is 5.91 Å². The van der Waals surface area contributed by atoms with Crippen LogP contribution in [0.1, 0.15) is 62.2 Å². The highest BCUT2D eigenvalue weighted by Gasteiger charge is 2.37. The molecule has 0 radical (unpaired) electrons. The van der Waals surface area contributed by atoms with Gasteiger partial charge in [0.1, 0.15) is 5.75 Å². The molecule has 2 aliphatic heterocycles. The smallest absolute Gasteiger partial charge is 0.256 e. The molecule has 5 nitrogen and oxygen atoms in total. The number of ether oxygens (including phenoxy) is 1. The first-order chi connectivity index (χ1) is 14.7. The van der Waals surface area contributed by atoms with Gasteiger partial charge in [-0.1, -0.05) is 31.4 Å². The summed E-state index contributed by atoms with van der Waals surface area (Å²) in [5, 5.41) is 1.04. The molecule has 2 aromatic rings. The average molecular weight is 446 g/mol. The number of rotatable bonds is 4. The Morgan fingerprint density at radius 1 is 1.10 bits per heavy atom. The summed E-state index contributed by atoms with van der Waals surface area (Å²) < 4.78 is 8.03. The molecule has 1 aromatic heterocycles. The van der Waals surface area contributed by atoms with Crippen molar-refractivity contribution >= 4 is 29.2 Å². The van der Waals surface area contributed by atoms with Crippen LogP contribution in [-0.2, 0) is 6.54 Å². The van der Waals surface area contributed by atoms with Gasteiger partial charge in [-0.3, -0.25) is 9.69 Å². The Balaban J connectivity index is 0.00000231. The van der Waals surface area contributed by atoms with Gasteiger partial charge in [-0.2, -0.15) is 0 Å². The van der Waals surface area contributed by atoms with Crippen molar-refractivity contribution in [2.45, 2.75) is 70.5 Å². The van der Waals surface area contributed by atoms with Crippen LogP contribution in [0.5, 0.6) is 5.75 Å². The average Bonchev–Trinajstić information content (AvgIpc) is 3.37. The first-order valence-corrected chi connectivity index (χ1v) is 11.9. The molecule has 3 aliphatic rings. The second-order valence-electron chi connectivity index (χ2n) is 9.65. The van der Waals surface area contributed by atoms with Gasteiger partial charge in [-0.25, -0.2) is 0 Å². The summed E-state index contributed by atoms with van der Waals surface area (Å²) in [5.74, 6) is 1.76. The van der Waals surface area contributed by atoms with Gasteiger partial charge in [0.2, 0.25) is 0 Å². The van der Waals surface area contributed by atoms with Gasteiger partial charge in [-0.15, -0.1) is 12.4 Å². The molecular weight excluding hydrogens is 410 g/mol. The molecule has 3 heterocycles. The third kappa shape index (κ3) is 4.19. The molecule has 6 heteroatoms. The highest BCUT2D eigenvalue weighted by atomic mass is 35.5. The lowest BCUT2D eigenvalue weighted by Gasteiger charge is -2.42. The van der Waals surface area contributed by atoms with Crippen LogP contribution in [0.25, 0.3) is 10.9 Å². The number of aromatic nitrogens is 1. The Kier molecular flexibility index (Phi) is 6.83. The topological polar surface area (TPSA) is 37.7 Å². The minimum atomic E-state index is 0. The van der Waals surface area contributed by atoms with Gasteiger partial charge in [0.05, 0.1) is 18.2 Å². The number of hydrogen-bond donors (Lipinski definition) is 0. The highest BCUT2D eigenvalue weighted by molar-refractivity contribution is 6.08. The van der Waals surface area contributed by atoms with E-state index in [0.717, 1.165) is 41.9 Å². The van der Waals surface area contributed by atoms with Crippen LogP contribution in [0.3, 0.4) is 0 Å². The van der Waals surface area contributed by atoms with Gasteiger partial charge < -0.3 is 14.2 Å². The van der Waals surface area contributed by atoms with Gasteiger partial charge in [0.15, 0.2) is 0 Å². The molecule has 1 saturated carbocycles. The summed E-state index contributed by atoms with van der Waals surface area (Å²) in [7, 11) is 1.73. The van der Waals surface area contributed by atoms with E-state index in [1.807, 2.05) is 12.1 Å². The molecule has 0 bridgehead atoms. The summed E-state index contributed by atoms with van der Waals surface area (Å²) in [5.41, 5.74) is 1.93. The number of carbonyl (C=O) groups is 1. The van der Waals surface area contributed by atoms with E-state index in [-0.39, 0.29) is 24.4 Å². The van der Waals surface area contributed by atoms with E-state index in [4.69, 9.17) is 4.74 Å². The maximum Gasteiger partial charge on any atom is 0.256 e. The monoisotopic (exact) mass is 445 g/mol. The lowest BCUT2D eigenvalue weighted by atomic mass is 9.89. The van der Waals surface area contributed by atoms with E-state index in [1.54, 1.807) is 7.11 Å². The number of nitrogens with zero attached hydrogens (tertiary/aromatic N) is 3. The highest BCUT2D eigenvalue weighted by Crippen LogP contribution is 2.34. The van der Waals surface area contributed by atoms with Crippen molar-refractivity contribution < 1.29 is 9.53 Å². The van der Waals surface area contributed by atoms with Crippen molar-refractivity contribution in [3.8, 4) is 5.75 Å². The Hall–Kier alpha value is -1.72. The second kappa shape index (κ2) is 9.41. The fourth-order valence-electron chi connectivity index (χ4n) is 6.08. The third-order valence-electron chi connectivity index (χ3n) is 7.69. The lowest BCUT2D eigenvalue weighted by Crippen LogP contribution is -2.56. The zero-order chi connectivity index (χ0) is 20.7. The number of piperazine rings is 1. The lowest BCUT2D eigenvalue weighted by molar-refractivity contribution is 0.0397. The number of halogens is 1. The molecule has 2 saturated heterocycles. The Labute approximate surface area is 192 Å². The van der Waals surface area contributed by atoms with Crippen LogP contribution in [-0.4, -0.2) is 59.1 Å². The number of methoxy groups -OCH3 is 1. The van der Waals surface area contributed by atoms with Gasteiger partial charge in [-0.05, 0) is 51.1 Å². The zero-order valence-corrected chi connectivity index (χ0v) is 19.7. The van der Waals surface area contributed by atoms with E-state index in [1.165, 1.54) is 51.5 Å². The number of carbonyl (C=O) groups excluding carboxylic acids is 1. The fraction of sp³-hybridized carbons (Fsp3) is 0.640. The first kappa shape index (κ1) is 22.5. The summed E-state index contributed by atoms with van der Waals surface area (Å²) in [6, 6.07) is 6.93. The molecule has 1 aromatic carbocycles. The van der Waals surface area contributed by atoms with Crippen LogP contribution >= 0.6 is 12.4 Å². The summed E-state index contributed by atoms with van der Waals surface area (Å²) in [4.78, 5) is 18.5. The van der Waals surface area contributed by atoms with Crippen LogP contribution in [0.4, 0.5) is 0 Å². The SMILES string of the molecule is COc1cccc2c(C(=O)N3C[C@H]4CCCN4C[C@H]3C)cn(CC3CCCCC3)c12.Cl. The van der Waals surface area contributed by atoms with Crippen LogP contribution in [0, 0.1) is 5.92 Å². The Morgan fingerprint density at radius 2 is 1.90 bits per heavy atom. The largest absolute Gasteiger partial charge is 0.495 e. The summed E-state index contributed by atoms with van der Waals surface area (Å²) in [6.07, 6.45) is 11.2. The normalized spacial score (nSPS) is 24.8. The molecule has 5 rings (SSSR count). The molecule has 1 amide bonds. The predicted octanol–water partition coefficient (Wildman–Crippen LogP) is 4.96. The Bertz CT molecular complexity index is 921. The number of hydrogen-bond acceptors (Lipinski definition) is 3. The quantitative estimate of drug-likeness (QED) is 0.667. The first-order valence-electron chi connectivity index (χ1n) is 11.9. The van der Waals surface area contributed by atoms with Crippen molar-refractivity contribution in [1.82, 2.24) is 14.4 Å². The van der Waals surface area contributed by atoms with Crippen molar-refractivity contribution in [2.75, 3.05) is 26.7 Å². The molecular formula is C25H36ClN3O2. The maximum atomic E-state index is 13.8. The van der Waals surface area contributed by atoms with Crippen molar-refractivity contribution in [3.63, 3.8) is 0 Å². The maximum absolute atomic E-state index is 13.8. The van der Waals surface area contributed by atoms with Gasteiger partial charge >= 0.3 is 0 Å². The van der Waals surface area contributed by atoms with E-state index in [2.05, 4.69) is 33.6 Å². The second-order valence-corrected chi connectivity index (χ2v) is 9.65. The van der Waals surface area contributed by atoms with E-state index in [0.29, 0.717) is 12.0 Å². The zero-order valence-electron chi connectivity index (χ0n) is 18.9. The molecule has 31 heavy (non-hydrogen) atoms. The minimum absolute atomic E-state index is 0. The molecule has 3 fully saturated rings. The molecule has 2 atom stereocenters. The molecule has 170 valence electrons. The molecule has 0 unspecified atom stereocenters. The molecule has 1 aliphatic carbocycles. The third-order valence-corrected chi connectivity index (χ3v) is 7.69. The number of benzene rings is 1. The number of amides is 1. The molecule has 0 spiro atoms.